The van der Waals surface area contributed by atoms with Gasteiger partial charge in [0.2, 0.25) is 0 Å². The molecule has 0 aliphatic rings. The molecule has 1 aromatic carbocycles. The molecule has 0 radical (unpaired) electrons. The summed E-state index contributed by atoms with van der Waals surface area (Å²) < 4.78 is 5.53. The van der Waals surface area contributed by atoms with E-state index in [1.54, 1.807) is 0 Å². The van der Waals surface area contributed by atoms with Crippen LogP contribution in [0.3, 0.4) is 0 Å². The van der Waals surface area contributed by atoms with Gasteiger partial charge >= 0.3 is 0 Å². The van der Waals surface area contributed by atoms with E-state index >= 15 is 0 Å². The summed E-state index contributed by atoms with van der Waals surface area (Å²) in [6.07, 6.45) is 2.57. The van der Waals surface area contributed by atoms with Crippen LogP contribution in [0.15, 0.2) is 18.2 Å². The van der Waals surface area contributed by atoms with Gasteiger partial charge in [0.05, 0.1) is 11.6 Å². The monoisotopic (exact) mass is 257 g/mol. The number of benzene rings is 1. The minimum absolute atomic E-state index is 0.556. The van der Waals surface area contributed by atoms with Gasteiger partial charge in [0.25, 0.3) is 0 Å². The quantitative estimate of drug-likeness (QED) is 0.794. The van der Waals surface area contributed by atoms with Crippen molar-refractivity contribution in [1.29, 1.82) is 0 Å². The van der Waals surface area contributed by atoms with Crippen LogP contribution in [-0.2, 0) is 6.42 Å². The molecule has 1 aromatic rings. The molecule has 0 fully saturated rings. The fraction of sp³-hybridized carbons (Fsp3) is 0.417. The average molecular weight is 258 g/mol. The van der Waals surface area contributed by atoms with E-state index in [1.165, 1.54) is 0 Å². The number of nitrogens with two attached hydrogens (primary N) is 1. The molecule has 1 rings (SSSR count). The van der Waals surface area contributed by atoms with Crippen molar-refractivity contribution in [2.45, 2.75) is 26.2 Å². The third-order valence-corrected chi connectivity index (χ3v) is 2.63. The Morgan fingerprint density at radius 1 is 1.50 bits per heavy atom. The van der Waals surface area contributed by atoms with Gasteiger partial charge < -0.3 is 10.5 Å². The number of thiocarbonyl (C=S) groups is 1. The van der Waals surface area contributed by atoms with Crippen LogP contribution in [0.4, 0.5) is 0 Å². The first kappa shape index (κ1) is 13.3. The van der Waals surface area contributed by atoms with Gasteiger partial charge in [-0.05, 0) is 49.9 Å². The number of ether oxygens (including phenoxy) is 1. The van der Waals surface area contributed by atoms with Crippen LogP contribution in [0.1, 0.15) is 25.3 Å². The van der Waals surface area contributed by atoms with E-state index in [1.807, 2.05) is 25.1 Å². The summed E-state index contributed by atoms with van der Waals surface area (Å²) in [7, 11) is 0. The van der Waals surface area contributed by atoms with Crippen molar-refractivity contribution in [3.05, 3.63) is 28.8 Å². The Morgan fingerprint density at radius 3 is 2.88 bits per heavy atom. The van der Waals surface area contributed by atoms with Gasteiger partial charge in [-0.2, -0.15) is 0 Å². The highest BCUT2D eigenvalue weighted by atomic mass is 35.5. The number of rotatable bonds is 6. The molecule has 0 aliphatic heterocycles. The van der Waals surface area contributed by atoms with Gasteiger partial charge in [-0.15, -0.1) is 0 Å². The SMILES string of the molecule is CCOc1ccc(Cl)cc1CCCC(N)=S. The highest BCUT2D eigenvalue weighted by molar-refractivity contribution is 7.80. The van der Waals surface area contributed by atoms with Crippen LogP contribution >= 0.6 is 23.8 Å². The summed E-state index contributed by atoms with van der Waals surface area (Å²) in [6.45, 7) is 2.62. The molecule has 16 heavy (non-hydrogen) atoms. The molecule has 0 saturated heterocycles. The molecule has 4 heteroatoms. The fourth-order valence-electron chi connectivity index (χ4n) is 1.49. The Morgan fingerprint density at radius 2 is 2.25 bits per heavy atom. The molecule has 2 N–H and O–H groups in total. The summed E-state index contributed by atoms with van der Waals surface area (Å²) >= 11 is 10.8. The number of halogens is 1. The second kappa shape index (κ2) is 6.71. The Bertz CT molecular complexity index is 368. The van der Waals surface area contributed by atoms with Crippen LogP contribution in [0.2, 0.25) is 5.02 Å². The van der Waals surface area contributed by atoms with Gasteiger partial charge in [-0.1, -0.05) is 23.8 Å². The van der Waals surface area contributed by atoms with Crippen molar-refractivity contribution in [2.75, 3.05) is 6.61 Å². The van der Waals surface area contributed by atoms with Crippen molar-refractivity contribution < 1.29 is 4.74 Å². The smallest absolute Gasteiger partial charge is 0.122 e. The first-order chi connectivity index (χ1) is 7.63. The minimum atomic E-state index is 0.556. The molecule has 0 aliphatic carbocycles. The third-order valence-electron chi connectivity index (χ3n) is 2.19. The van der Waals surface area contributed by atoms with E-state index in [4.69, 9.17) is 34.3 Å². The Balaban J connectivity index is 2.67. The van der Waals surface area contributed by atoms with Crippen LogP contribution in [0.25, 0.3) is 0 Å². The molecular formula is C12H16ClNOS. The van der Waals surface area contributed by atoms with Crippen molar-refractivity contribution in [3.63, 3.8) is 0 Å². The molecule has 0 atom stereocenters. The molecule has 0 spiro atoms. The molecule has 0 bridgehead atoms. The van der Waals surface area contributed by atoms with Gasteiger partial charge in [0.15, 0.2) is 0 Å². The van der Waals surface area contributed by atoms with E-state index in [-0.39, 0.29) is 0 Å². The molecule has 0 saturated carbocycles. The molecule has 2 nitrogen and oxygen atoms in total. The van der Waals surface area contributed by atoms with E-state index in [0.29, 0.717) is 11.6 Å². The molecule has 0 unspecified atom stereocenters. The summed E-state index contributed by atoms with van der Waals surface area (Å²) in [5, 5.41) is 0.730. The van der Waals surface area contributed by atoms with Crippen molar-refractivity contribution in [1.82, 2.24) is 0 Å². The van der Waals surface area contributed by atoms with Crippen LogP contribution in [0, 0.1) is 0 Å². The zero-order valence-corrected chi connectivity index (χ0v) is 10.9. The molecular weight excluding hydrogens is 242 g/mol. The predicted molar refractivity (Wildman–Crippen MR) is 72.3 cm³/mol. The largest absolute Gasteiger partial charge is 0.494 e. The van der Waals surface area contributed by atoms with Crippen LogP contribution in [-0.4, -0.2) is 11.6 Å². The zero-order valence-electron chi connectivity index (χ0n) is 9.33. The van der Waals surface area contributed by atoms with Gasteiger partial charge in [-0.3, -0.25) is 0 Å². The lowest BCUT2D eigenvalue weighted by Crippen LogP contribution is -2.07. The zero-order chi connectivity index (χ0) is 12.0. The first-order valence-corrected chi connectivity index (χ1v) is 6.11. The molecule has 0 heterocycles. The Kier molecular flexibility index (Phi) is 5.56. The maximum atomic E-state index is 5.95. The van der Waals surface area contributed by atoms with E-state index < -0.39 is 0 Å². The lowest BCUT2D eigenvalue weighted by atomic mass is 10.1. The second-order valence-corrected chi connectivity index (χ2v) is 4.47. The van der Waals surface area contributed by atoms with Crippen molar-refractivity contribution in [2.24, 2.45) is 5.73 Å². The highest BCUT2D eigenvalue weighted by Crippen LogP contribution is 2.24. The van der Waals surface area contributed by atoms with Crippen molar-refractivity contribution in [3.8, 4) is 5.75 Å². The predicted octanol–water partition coefficient (Wildman–Crippen LogP) is 3.35. The summed E-state index contributed by atoms with van der Waals surface area (Å²) in [6, 6.07) is 5.68. The van der Waals surface area contributed by atoms with Crippen molar-refractivity contribution >= 4 is 28.8 Å². The summed E-state index contributed by atoms with van der Waals surface area (Å²) in [4.78, 5) is 0.556. The fourth-order valence-corrected chi connectivity index (χ4v) is 1.83. The number of aryl methyl sites for hydroxylation is 1. The second-order valence-electron chi connectivity index (χ2n) is 3.50. The molecule has 0 amide bonds. The van der Waals surface area contributed by atoms with Gasteiger partial charge in [0.1, 0.15) is 5.75 Å². The number of hydrogen-bond donors (Lipinski definition) is 1. The number of hydrogen-bond acceptors (Lipinski definition) is 2. The minimum Gasteiger partial charge on any atom is -0.494 e. The van der Waals surface area contributed by atoms with E-state index in [2.05, 4.69) is 0 Å². The molecule has 88 valence electrons. The van der Waals surface area contributed by atoms with Crippen LogP contribution in [0.5, 0.6) is 5.75 Å². The lowest BCUT2D eigenvalue weighted by molar-refractivity contribution is 0.336. The summed E-state index contributed by atoms with van der Waals surface area (Å²) in [5.41, 5.74) is 6.57. The maximum Gasteiger partial charge on any atom is 0.122 e. The normalized spacial score (nSPS) is 10.1. The maximum absolute atomic E-state index is 5.95. The lowest BCUT2D eigenvalue weighted by Gasteiger charge is -2.10. The van der Waals surface area contributed by atoms with Gasteiger partial charge in [0, 0.05) is 5.02 Å². The summed E-state index contributed by atoms with van der Waals surface area (Å²) in [5.74, 6) is 0.898. The van der Waals surface area contributed by atoms with Gasteiger partial charge in [-0.25, -0.2) is 0 Å². The Hall–Kier alpha value is -0.800. The van der Waals surface area contributed by atoms with E-state index in [0.717, 1.165) is 35.6 Å². The molecule has 0 aromatic heterocycles. The Labute approximate surface area is 107 Å². The average Bonchev–Trinajstić information content (AvgIpc) is 2.21. The topological polar surface area (TPSA) is 35.2 Å². The van der Waals surface area contributed by atoms with E-state index in [9.17, 15) is 0 Å². The highest BCUT2D eigenvalue weighted by Gasteiger charge is 2.04. The first-order valence-electron chi connectivity index (χ1n) is 5.33. The standard InChI is InChI=1S/C12H16ClNOS/c1-2-15-11-7-6-10(13)8-9(11)4-3-5-12(14)16/h6-8H,2-5H2,1H3,(H2,14,16). The third kappa shape index (κ3) is 4.37. The van der Waals surface area contributed by atoms with Crippen LogP contribution < -0.4 is 10.5 Å².